The van der Waals surface area contributed by atoms with Gasteiger partial charge in [-0.05, 0) is 17.7 Å². The third kappa shape index (κ3) is 4.11. The van der Waals surface area contributed by atoms with E-state index < -0.39 is 12.3 Å². The number of hydrogen-bond donors (Lipinski definition) is 3. The number of aliphatic hydroxyl groups is 1. The van der Waals surface area contributed by atoms with Crippen LogP contribution in [0, 0.1) is 5.92 Å². The minimum Gasteiger partial charge on any atom is -0.379 e. The summed E-state index contributed by atoms with van der Waals surface area (Å²) in [7, 11) is 2.42. The summed E-state index contributed by atoms with van der Waals surface area (Å²) in [4.78, 5) is 23.2. The van der Waals surface area contributed by atoms with Crippen LogP contribution in [-0.4, -0.2) is 36.5 Å². The molecule has 3 aliphatic rings. The molecule has 2 atom stereocenters. The van der Waals surface area contributed by atoms with Gasteiger partial charge in [-0.15, -0.1) is 0 Å². The second-order valence-electron chi connectivity index (χ2n) is 8.05. The molecule has 2 amide bonds. The minimum atomic E-state index is -0.717. The van der Waals surface area contributed by atoms with Crippen molar-refractivity contribution in [3.63, 3.8) is 0 Å². The average Bonchev–Trinajstić information content (AvgIpc) is 2.59. The summed E-state index contributed by atoms with van der Waals surface area (Å²) < 4.78 is 0. The second kappa shape index (κ2) is 8.21. The van der Waals surface area contributed by atoms with Crippen molar-refractivity contribution in [1.29, 1.82) is 0 Å². The zero-order valence-electron chi connectivity index (χ0n) is 16.2. The maximum atomic E-state index is 11.9. The van der Waals surface area contributed by atoms with Crippen LogP contribution >= 0.6 is 0 Å². The number of piperidine rings is 1. The lowest BCUT2D eigenvalue weighted by atomic mass is 9.27. The van der Waals surface area contributed by atoms with Crippen molar-refractivity contribution in [1.82, 2.24) is 10.6 Å². The number of fused-ring (bicyclic) bond motifs is 2. The summed E-state index contributed by atoms with van der Waals surface area (Å²) in [6, 6.07) is -0.470. The van der Waals surface area contributed by atoms with Gasteiger partial charge in [-0.25, -0.2) is 0 Å². The van der Waals surface area contributed by atoms with Gasteiger partial charge in [0.25, 0.3) is 0 Å². The predicted molar refractivity (Wildman–Crippen MR) is 100 cm³/mol. The van der Waals surface area contributed by atoms with Gasteiger partial charge in [0.1, 0.15) is 13.5 Å². The first-order valence-corrected chi connectivity index (χ1v) is 10.0. The molecule has 0 aromatic rings. The summed E-state index contributed by atoms with van der Waals surface area (Å²) >= 11 is 0. The smallest absolute Gasteiger partial charge is 0.243 e. The van der Waals surface area contributed by atoms with Crippen molar-refractivity contribution >= 4 is 19.1 Å². The Balaban J connectivity index is 0.00000109. The van der Waals surface area contributed by atoms with Gasteiger partial charge in [0, 0.05) is 6.42 Å². The molecule has 3 rings (SSSR count). The molecule has 0 spiro atoms. The van der Waals surface area contributed by atoms with Crippen molar-refractivity contribution in [2.24, 2.45) is 5.92 Å². The first-order valence-electron chi connectivity index (χ1n) is 10.0. The van der Waals surface area contributed by atoms with Crippen molar-refractivity contribution in [3.8, 4) is 0 Å². The van der Waals surface area contributed by atoms with E-state index in [9.17, 15) is 14.7 Å². The van der Waals surface area contributed by atoms with Crippen LogP contribution in [0.5, 0.6) is 0 Å². The Morgan fingerprint density at radius 3 is 2.20 bits per heavy atom. The highest BCUT2D eigenvalue weighted by Gasteiger charge is 2.53. The van der Waals surface area contributed by atoms with E-state index in [1.807, 2.05) is 13.8 Å². The van der Waals surface area contributed by atoms with Crippen molar-refractivity contribution in [2.45, 2.75) is 102 Å². The standard InChI is InChI=1S/C17H28BN2O3.C2H6/c1-11(2)16-7-3-9-17(18-16,10-4-8-16)15(23)19-12-5-6-13(21)20-14(12)22;1-2/h11-12,15,19,23H,3-10H2,1-2H3,(H,20,21,22);1-2H3. The van der Waals surface area contributed by atoms with E-state index in [0.29, 0.717) is 18.8 Å². The van der Waals surface area contributed by atoms with E-state index in [0.717, 1.165) is 25.7 Å². The van der Waals surface area contributed by atoms with E-state index in [2.05, 4.69) is 31.8 Å². The van der Waals surface area contributed by atoms with Crippen LogP contribution in [0.4, 0.5) is 0 Å². The highest BCUT2D eigenvalue weighted by Crippen LogP contribution is 2.62. The number of aliphatic hydroxyl groups excluding tert-OH is 1. The summed E-state index contributed by atoms with van der Waals surface area (Å²) in [6.07, 6.45) is 6.70. The lowest BCUT2D eigenvalue weighted by molar-refractivity contribution is -0.135. The van der Waals surface area contributed by atoms with Crippen LogP contribution in [0.15, 0.2) is 0 Å². The van der Waals surface area contributed by atoms with Crippen LogP contribution < -0.4 is 10.6 Å². The first kappa shape index (κ1) is 20.4. The summed E-state index contributed by atoms with van der Waals surface area (Å²) in [5.74, 6) is 0.0464. The molecule has 6 heteroatoms. The van der Waals surface area contributed by atoms with Crippen molar-refractivity contribution in [2.75, 3.05) is 0 Å². The van der Waals surface area contributed by atoms with Gasteiger partial charge in [0.2, 0.25) is 11.8 Å². The molecule has 0 aromatic heterocycles. The summed E-state index contributed by atoms with van der Waals surface area (Å²) in [5.41, 5.74) is 0. The molecular formula is C19H34BN2O3. The largest absolute Gasteiger partial charge is 0.379 e. The van der Waals surface area contributed by atoms with Crippen LogP contribution in [0.1, 0.15) is 79.1 Å². The van der Waals surface area contributed by atoms with Crippen LogP contribution in [-0.2, 0) is 9.59 Å². The lowest BCUT2D eigenvalue weighted by Crippen LogP contribution is -2.59. The molecule has 3 aliphatic heterocycles. The Morgan fingerprint density at radius 1 is 1.12 bits per heavy atom. The maximum absolute atomic E-state index is 11.9. The average molecular weight is 349 g/mol. The van der Waals surface area contributed by atoms with Gasteiger partial charge >= 0.3 is 0 Å². The molecule has 2 unspecified atom stereocenters. The Morgan fingerprint density at radius 2 is 1.68 bits per heavy atom. The fourth-order valence-electron chi connectivity index (χ4n) is 4.91. The Labute approximate surface area is 153 Å². The lowest BCUT2D eigenvalue weighted by Gasteiger charge is -2.56. The molecule has 0 aromatic carbocycles. The Hall–Kier alpha value is -0.875. The number of amides is 2. The van der Waals surface area contributed by atoms with Gasteiger partial charge in [-0.3, -0.25) is 20.2 Å². The molecule has 0 saturated carbocycles. The zero-order valence-corrected chi connectivity index (χ0v) is 16.2. The SMILES string of the molecule is CC.CC(C)C12[B]C(C(O)NC3CCC(=O)NC3=O)(CCC1)CCC2. The Bertz CT molecular complexity index is 485. The molecule has 3 N–H and O–H groups in total. The van der Waals surface area contributed by atoms with E-state index in [-0.39, 0.29) is 22.4 Å². The number of carbonyl (C=O) groups is 2. The van der Waals surface area contributed by atoms with Gasteiger partial charge in [-0.2, -0.15) is 0 Å². The second-order valence-corrected chi connectivity index (χ2v) is 8.05. The third-order valence-corrected chi connectivity index (χ3v) is 6.44. The number of hydrogen-bond acceptors (Lipinski definition) is 4. The predicted octanol–water partition coefficient (Wildman–Crippen LogP) is 2.77. The maximum Gasteiger partial charge on any atom is 0.243 e. The molecule has 3 heterocycles. The molecular weight excluding hydrogens is 315 g/mol. The topological polar surface area (TPSA) is 78.4 Å². The number of imide groups is 1. The fraction of sp³-hybridized carbons (Fsp3) is 0.895. The fourth-order valence-corrected chi connectivity index (χ4v) is 4.91. The number of rotatable bonds is 4. The molecule has 2 bridgehead atoms. The minimum absolute atomic E-state index is 0.221. The van der Waals surface area contributed by atoms with Gasteiger partial charge in [0.05, 0.1) is 6.04 Å². The van der Waals surface area contributed by atoms with E-state index in [1.54, 1.807) is 0 Å². The van der Waals surface area contributed by atoms with Crippen molar-refractivity contribution in [3.05, 3.63) is 0 Å². The summed E-state index contributed by atoms with van der Waals surface area (Å²) in [6.45, 7) is 8.55. The molecule has 0 aliphatic carbocycles. The van der Waals surface area contributed by atoms with Crippen LogP contribution in [0.25, 0.3) is 0 Å². The number of carbonyl (C=O) groups excluding carboxylic acids is 2. The first-order chi connectivity index (χ1) is 11.9. The molecule has 5 nitrogen and oxygen atoms in total. The van der Waals surface area contributed by atoms with E-state index in [4.69, 9.17) is 0 Å². The molecule has 3 fully saturated rings. The molecule has 141 valence electrons. The highest BCUT2D eigenvalue weighted by atomic mass is 16.3. The molecule has 1 radical (unpaired) electrons. The Kier molecular flexibility index (Phi) is 6.71. The molecule has 25 heavy (non-hydrogen) atoms. The van der Waals surface area contributed by atoms with E-state index >= 15 is 0 Å². The normalized spacial score (nSPS) is 36.0. The molecule has 3 saturated heterocycles. The van der Waals surface area contributed by atoms with Crippen LogP contribution in [0.3, 0.4) is 0 Å². The highest BCUT2D eigenvalue weighted by molar-refractivity contribution is 6.45. The van der Waals surface area contributed by atoms with Crippen LogP contribution in [0.2, 0.25) is 10.6 Å². The van der Waals surface area contributed by atoms with Gasteiger partial charge in [-0.1, -0.05) is 71.5 Å². The quantitative estimate of drug-likeness (QED) is 0.414. The van der Waals surface area contributed by atoms with Crippen molar-refractivity contribution < 1.29 is 14.7 Å². The third-order valence-electron chi connectivity index (χ3n) is 6.44. The monoisotopic (exact) mass is 349 g/mol. The van der Waals surface area contributed by atoms with Gasteiger partial charge < -0.3 is 5.11 Å². The van der Waals surface area contributed by atoms with Gasteiger partial charge in [0.15, 0.2) is 0 Å². The number of nitrogens with one attached hydrogen (secondary N) is 2. The van der Waals surface area contributed by atoms with E-state index in [1.165, 1.54) is 12.8 Å². The summed E-state index contributed by atoms with van der Waals surface area (Å²) in [5, 5.41) is 16.4. The zero-order chi connectivity index (χ0) is 18.7.